The van der Waals surface area contributed by atoms with Gasteiger partial charge in [-0.2, -0.15) is 23.4 Å². The third kappa shape index (κ3) is 4.09. The molecule has 3 aromatic rings. The number of nitrogens with zero attached hydrogens (tertiary/aromatic N) is 4. The highest BCUT2D eigenvalue weighted by molar-refractivity contribution is 5.94. The molecular weight excluding hydrogens is 399 g/mol. The minimum Gasteiger partial charge on any atom is -0.375 e. The van der Waals surface area contributed by atoms with E-state index >= 15 is 0 Å². The molecule has 30 heavy (non-hydrogen) atoms. The summed E-state index contributed by atoms with van der Waals surface area (Å²) in [6, 6.07) is 8.33. The molecule has 4 heterocycles. The number of halogens is 3. The number of rotatable bonds is 2. The number of carbonyl (C=O) groups excluding carboxylic acids is 1. The van der Waals surface area contributed by atoms with E-state index < -0.39 is 11.9 Å². The van der Waals surface area contributed by atoms with E-state index in [9.17, 15) is 18.0 Å². The summed E-state index contributed by atoms with van der Waals surface area (Å²) in [7, 11) is 0. The molecule has 2 aliphatic heterocycles. The average molecular weight is 419 g/mol. The van der Waals surface area contributed by atoms with Gasteiger partial charge in [0.1, 0.15) is 0 Å². The van der Waals surface area contributed by atoms with Crippen LogP contribution in [0.15, 0.2) is 42.7 Å². The minimum absolute atomic E-state index is 0.0559. The van der Waals surface area contributed by atoms with Crippen molar-refractivity contribution in [3.8, 4) is 5.69 Å². The summed E-state index contributed by atoms with van der Waals surface area (Å²) in [5, 5.41) is 9.99. The van der Waals surface area contributed by atoms with Crippen LogP contribution >= 0.6 is 0 Å². The molecule has 1 fully saturated rings. The predicted octanol–water partition coefficient (Wildman–Crippen LogP) is 3.22. The zero-order valence-corrected chi connectivity index (χ0v) is 16.0. The van der Waals surface area contributed by atoms with Gasteiger partial charge in [-0.05, 0) is 43.2 Å². The quantitative estimate of drug-likeness (QED) is 0.692. The molecule has 0 radical (unpaired) electrons. The highest BCUT2D eigenvalue weighted by Gasteiger charge is 2.40. The van der Waals surface area contributed by atoms with Crippen LogP contribution in [-0.2, 0) is 23.9 Å². The number of hydrogen-bond donors (Lipinski definition) is 1. The molecule has 1 N–H and O–H groups in total. The fourth-order valence-electron chi connectivity index (χ4n) is 3.34. The van der Waals surface area contributed by atoms with Crippen molar-refractivity contribution in [3.63, 3.8) is 0 Å². The lowest BCUT2D eigenvalue weighted by molar-refractivity contribution is -0.142. The molecule has 1 amide bonds. The Morgan fingerprint density at radius 2 is 1.93 bits per heavy atom. The maximum absolute atomic E-state index is 13.2. The van der Waals surface area contributed by atoms with Gasteiger partial charge >= 0.3 is 6.18 Å². The fraction of sp³-hybridized carbons (Fsp3) is 0.350. The van der Waals surface area contributed by atoms with Crippen LogP contribution in [0.1, 0.15) is 33.7 Å². The Hall–Kier alpha value is -3.14. The Kier molecular flexibility index (Phi) is 5.58. The molecule has 7 nitrogen and oxygen atoms in total. The van der Waals surface area contributed by atoms with E-state index in [1.165, 1.54) is 4.68 Å². The maximum atomic E-state index is 13.2. The van der Waals surface area contributed by atoms with Gasteiger partial charge in [-0.3, -0.25) is 9.89 Å². The van der Waals surface area contributed by atoms with Gasteiger partial charge in [-0.15, -0.1) is 0 Å². The SMILES string of the molecule is O=C(c1ccc(-n2nc(C(F)(F)F)c3c2COCC3)cc1)N1CCC1.c1cn[nH]c1. The van der Waals surface area contributed by atoms with Crippen molar-refractivity contribution in [3.05, 3.63) is 65.2 Å². The molecule has 158 valence electrons. The van der Waals surface area contributed by atoms with E-state index in [4.69, 9.17) is 4.74 Å². The third-order valence-electron chi connectivity index (χ3n) is 5.00. The van der Waals surface area contributed by atoms with Gasteiger partial charge in [0.25, 0.3) is 5.91 Å². The number of amides is 1. The van der Waals surface area contributed by atoms with Crippen LogP contribution in [-0.4, -0.2) is 50.5 Å². The monoisotopic (exact) mass is 419 g/mol. The molecule has 2 aromatic heterocycles. The second-order valence-electron chi connectivity index (χ2n) is 6.95. The number of H-pyrrole nitrogens is 1. The van der Waals surface area contributed by atoms with Gasteiger partial charge in [-0.1, -0.05) is 0 Å². The Morgan fingerprint density at radius 3 is 2.47 bits per heavy atom. The van der Waals surface area contributed by atoms with E-state index in [0.29, 0.717) is 16.9 Å². The van der Waals surface area contributed by atoms with Crippen molar-refractivity contribution in [1.82, 2.24) is 24.9 Å². The number of carbonyl (C=O) groups is 1. The van der Waals surface area contributed by atoms with Crippen molar-refractivity contribution in [2.24, 2.45) is 0 Å². The highest BCUT2D eigenvalue weighted by Crippen LogP contribution is 2.35. The van der Waals surface area contributed by atoms with E-state index in [2.05, 4.69) is 15.3 Å². The fourth-order valence-corrected chi connectivity index (χ4v) is 3.34. The zero-order chi connectivity index (χ0) is 21.1. The smallest absolute Gasteiger partial charge is 0.375 e. The largest absolute Gasteiger partial charge is 0.435 e. The summed E-state index contributed by atoms with van der Waals surface area (Å²) < 4.78 is 46.3. The summed E-state index contributed by atoms with van der Waals surface area (Å²) in [4.78, 5) is 13.9. The predicted molar refractivity (Wildman–Crippen MR) is 101 cm³/mol. The van der Waals surface area contributed by atoms with E-state index in [0.717, 1.165) is 19.5 Å². The molecule has 0 spiro atoms. The molecule has 1 aromatic carbocycles. The van der Waals surface area contributed by atoms with Crippen LogP contribution in [0.25, 0.3) is 5.69 Å². The number of likely N-dealkylation sites (tertiary alicyclic amines) is 1. The van der Waals surface area contributed by atoms with Gasteiger partial charge < -0.3 is 9.64 Å². The molecule has 0 unspecified atom stereocenters. The summed E-state index contributed by atoms with van der Waals surface area (Å²) in [6.45, 7) is 1.84. The van der Waals surface area contributed by atoms with Crippen molar-refractivity contribution in [1.29, 1.82) is 0 Å². The lowest BCUT2D eigenvalue weighted by Gasteiger charge is -2.30. The van der Waals surface area contributed by atoms with Gasteiger partial charge in [0.05, 0.1) is 24.6 Å². The average Bonchev–Trinajstić information content (AvgIpc) is 3.38. The van der Waals surface area contributed by atoms with Crippen LogP contribution < -0.4 is 0 Å². The second-order valence-corrected chi connectivity index (χ2v) is 6.95. The zero-order valence-electron chi connectivity index (χ0n) is 16.0. The number of aromatic nitrogens is 4. The Labute approximate surface area is 170 Å². The van der Waals surface area contributed by atoms with E-state index in [1.54, 1.807) is 41.6 Å². The topological polar surface area (TPSA) is 76.0 Å². The Bertz CT molecular complexity index is 976. The molecule has 0 aliphatic carbocycles. The first-order valence-corrected chi connectivity index (χ1v) is 9.54. The number of fused-ring (bicyclic) bond motifs is 1. The summed E-state index contributed by atoms with van der Waals surface area (Å²) in [5.41, 5.74) is 0.764. The lowest BCUT2D eigenvalue weighted by Crippen LogP contribution is -2.41. The summed E-state index contributed by atoms with van der Waals surface area (Å²) >= 11 is 0. The van der Waals surface area contributed by atoms with Gasteiger partial charge in [0.2, 0.25) is 0 Å². The van der Waals surface area contributed by atoms with Crippen LogP contribution in [0.3, 0.4) is 0 Å². The van der Waals surface area contributed by atoms with Gasteiger partial charge in [-0.25, -0.2) is 4.68 Å². The normalized spacial score (nSPS) is 15.6. The van der Waals surface area contributed by atoms with Crippen LogP contribution in [0.2, 0.25) is 0 Å². The number of benzene rings is 1. The van der Waals surface area contributed by atoms with Crippen LogP contribution in [0, 0.1) is 0 Å². The molecule has 0 bridgehead atoms. The Balaban J connectivity index is 0.000000383. The molecule has 2 aliphatic rings. The first kappa shape index (κ1) is 20.1. The van der Waals surface area contributed by atoms with E-state index in [-0.39, 0.29) is 31.1 Å². The van der Waals surface area contributed by atoms with Crippen molar-refractivity contribution < 1.29 is 22.7 Å². The number of hydrogen-bond acceptors (Lipinski definition) is 4. The van der Waals surface area contributed by atoms with Crippen molar-refractivity contribution in [2.45, 2.75) is 25.6 Å². The van der Waals surface area contributed by atoms with Crippen LogP contribution in [0.4, 0.5) is 13.2 Å². The standard InChI is InChI=1S/C17H16F3N3O2.C3H4N2/c18-17(19,20)15-13-6-9-25-10-14(13)23(21-15)12-4-2-11(3-5-12)16(24)22-7-1-8-22;1-2-4-5-3-1/h2-5H,1,6-10H2;1-3H,(H,4,5). The molecule has 1 saturated heterocycles. The van der Waals surface area contributed by atoms with Gasteiger partial charge in [0.15, 0.2) is 5.69 Å². The molecule has 0 saturated carbocycles. The van der Waals surface area contributed by atoms with Crippen LogP contribution in [0.5, 0.6) is 0 Å². The number of aromatic amines is 1. The van der Waals surface area contributed by atoms with E-state index in [1.807, 2.05) is 6.07 Å². The maximum Gasteiger partial charge on any atom is 0.435 e. The molecule has 10 heteroatoms. The summed E-state index contributed by atoms with van der Waals surface area (Å²) in [6.07, 6.45) is 0.152. The Morgan fingerprint density at radius 1 is 1.17 bits per heavy atom. The van der Waals surface area contributed by atoms with Crippen molar-refractivity contribution >= 4 is 5.91 Å². The highest BCUT2D eigenvalue weighted by atomic mass is 19.4. The van der Waals surface area contributed by atoms with Crippen molar-refractivity contribution in [2.75, 3.05) is 19.7 Å². The third-order valence-corrected chi connectivity index (χ3v) is 5.00. The number of ether oxygens (including phenoxy) is 1. The number of nitrogens with one attached hydrogen (secondary N) is 1. The second kappa shape index (κ2) is 8.31. The molecular formula is C20H20F3N5O2. The first-order chi connectivity index (χ1) is 14.4. The number of alkyl halides is 3. The first-order valence-electron chi connectivity index (χ1n) is 9.54. The molecule has 5 rings (SSSR count). The summed E-state index contributed by atoms with van der Waals surface area (Å²) in [5.74, 6) is -0.0559. The van der Waals surface area contributed by atoms with Gasteiger partial charge in [0, 0.05) is 36.6 Å². The lowest BCUT2D eigenvalue weighted by atomic mass is 10.1. The molecule has 0 atom stereocenters. The minimum atomic E-state index is -4.50.